The van der Waals surface area contributed by atoms with Gasteiger partial charge in [0.05, 0.1) is 39.1 Å². The van der Waals surface area contributed by atoms with E-state index in [0.29, 0.717) is 0 Å². The van der Waals surface area contributed by atoms with Crippen molar-refractivity contribution < 1.29 is 0 Å². The van der Waals surface area contributed by atoms with Crippen molar-refractivity contribution >= 4 is 43.6 Å². The van der Waals surface area contributed by atoms with Crippen LogP contribution in [0.5, 0.6) is 0 Å². The third kappa shape index (κ3) is 4.48. The van der Waals surface area contributed by atoms with Crippen molar-refractivity contribution in [2.24, 2.45) is 0 Å². The summed E-state index contributed by atoms with van der Waals surface area (Å²) in [7, 11) is 0. The number of hydrogen-bond donors (Lipinski definition) is 0. The van der Waals surface area contributed by atoms with Crippen molar-refractivity contribution in [1.29, 1.82) is 0 Å². The first-order chi connectivity index (χ1) is 24.8. The molecular formula is C47H31N3. The molecule has 0 saturated heterocycles. The molecule has 0 fully saturated rings. The molecule has 0 N–H and O–H groups in total. The summed E-state index contributed by atoms with van der Waals surface area (Å²) < 4.78 is 4.86. The average molecular weight is 638 g/mol. The van der Waals surface area contributed by atoms with Crippen molar-refractivity contribution in [3.05, 3.63) is 188 Å². The van der Waals surface area contributed by atoms with Gasteiger partial charge >= 0.3 is 0 Å². The van der Waals surface area contributed by atoms with E-state index in [2.05, 4.69) is 197 Å². The molecule has 3 nitrogen and oxygen atoms in total. The molecule has 0 radical (unpaired) electrons. The SMILES string of the molecule is c1ccc(-c2cc(-c3ccccc3-n3c4ccccc4c4cc5c(cc43)c3ccccc3n5-c3ccccc3)cc(-c3ccccc3)n2)cc1. The lowest BCUT2D eigenvalue weighted by Gasteiger charge is -2.16. The van der Waals surface area contributed by atoms with Crippen LogP contribution < -0.4 is 0 Å². The molecule has 50 heavy (non-hydrogen) atoms. The Morgan fingerprint density at radius 1 is 0.320 bits per heavy atom. The van der Waals surface area contributed by atoms with Gasteiger partial charge in [-0.15, -0.1) is 0 Å². The fraction of sp³-hybridized carbons (Fsp3) is 0. The molecule has 0 unspecified atom stereocenters. The zero-order valence-electron chi connectivity index (χ0n) is 27.2. The average Bonchev–Trinajstić information content (AvgIpc) is 3.70. The first-order valence-electron chi connectivity index (χ1n) is 17.1. The molecule has 0 spiro atoms. The van der Waals surface area contributed by atoms with Gasteiger partial charge in [0.1, 0.15) is 0 Å². The van der Waals surface area contributed by atoms with E-state index >= 15 is 0 Å². The largest absolute Gasteiger partial charge is 0.309 e. The van der Waals surface area contributed by atoms with Crippen molar-refractivity contribution in [2.75, 3.05) is 0 Å². The summed E-state index contributed by atoms with van der Waals surface area (Å²) in [5, 5.41) is 4.94. The van der Waals surface area contributed by atoms with E-state index in [9.17, 15) is 0 Å². The van der Waals surface area contributed by atoms with Crippen molar-refractivity contribution in [3.63, 3.8) is 0 Å². The number of para-hydroxylation sites is 4. The highest BCUT2D eigenvalue weighted by Gasteiger charge is 2.20. The summed E-state index contributed by atoms with van der Waals surface area (Å²) in [4.78, 5) is 5.17. The zero-order chi connectivity index (χ0) is 33.0. The molecule has 7 aromatic carbocycles. The van der Waals surface area contributed by atoms with Gasteiger partial charge in [-0.3, -0.25) is 0 Å². The van der Waals surface area contributed by atoms with Crippen LogP contribution in [0.15, 0.2) is 188 Å². The summed E-state index contributed by atoms with van der Waals surface area (Å²) in [5.74, 6) is 0. The minimum Gasteiger partial charge on any atom is -0.309 e. The van der Waals surface area contributed by atoms with Crippen molar-refractivity contribution in [2.45, 2.75) is 0 Å². The number of aromatic nitrogens is 3. The standard InChI is InChI=1S/C47H31N3/c1-4-16-32(17-5-1)41-28-34(29-42(48-41)33-18-6-2-7-19-33)36-22-10-13-25-43(36)50-45-27-15-12-24-38(45)40-30-46-39(31-47(40)50)37-23-11-14-26-44(37)49(46)35-20-8-3-9-21-35/h1-31H. The Balaban J connectivity index is 1.27. The van der Waals surface area contributed by atoms with Gasteiger partial charge in [0.15, 0.2) is 0 Å². The van der Waals surface area contributed by atoms with E-state index in [-0.39, 0.29) is 0 Å². The Kier molecular flexibility index (Phi) is 6.49. The van der Waals surface area contributed by atoms with Gasteiger partial charge in [0.2, 0.25) is 0 Å². The second kappa shape index (κ2) is 11.5. The highest BCUT2D eigenvalue weighted by atomic mass is 15.0. The van der Waals surface area contributed by atoms with Crippen LogP contribution in [-0.4, -0.2) is 14.1 Å². The van der Waals surface area contributed by atoms with Crippen LogP contribution in [0.2, 0.25) is 0 Å². The van der Waals surface area contributed by atoms with Gasteiger partial charge in [0.25, 0.3) is 0 Å². The van der Waals surface area contributed by atoms with E-state index in [1.807, 2.05) is 0 Å². The summed E-state index contributed by atoms with van der Waals surface area (Å²) in [5.41, 5.74) is 13.4. The van der Waals surface area contributed by atoms with Gasteiger partial charge in [-0.2, -0.15) is 0 Å². The Morgan fingerprint density at radius 2 is 0.780 bits per heavy atom. The van der Waals surface area contributed by atoms with Crippen LogP contribution >= 0.6 is 0 Å². The Morgan fingerprint density at radius 3 is 1.38 bits per heavy atom. The molecular weight excluding hydrogens is 607 g/mol. The molecule has 3 heterocycles. The van der Waals surface area contributed by atoms with E-state index in [4.69, 9.17) is 4.98 Å². The molecule has 0 saturated carbocycles. The molecule has 0 bridgehead atoms. The Labute approximate surface area is 290 Å². The molecule has 0 aliphatic rings. The molecule has 3 heteroatoms. The fourth-order valence-electron chi connectivity index (χ4n) is 7.66. The van der Waals surface area contributed by atoms with Gasteiger partial charge < -0.3 is 9.13 Å². The Hall–Kier alpha value is -6.71. The normalized spacial score (nSPS) is 11.6. The summed E-state index contributed by atoms with van der Waals surface area (Å²) in [6.45, 7) is 0. The molecule has 10 rings (SSSR count). The number of pyridine rings is 1. The van der Waals surface area contributed by atoms with Crippen LogP contribution in [-0.2, 0) is 0 Å². The maximum absolute atomic E-state index is 5.17. The molecule has 0 aliphatic carbocycles. The monoisotopic (exact) mass is 637 g/mol. The third-order valence-corrected chi connectivity index (χ3v) is 9.90. The van der Waals surface area contributed by atoms with Crippen LogP contribution in [0.3, 0.4) is 0 Å². The van der Waals surface area contributed by atoms with Crippen LogP contribution in [0.1, 0.15) is 0 Å². The second-order valence-corrected chi connectivity index (χ2v) is 12.8. The topological polar surface area (TPSA) is 22.8 Å². The zero-order valence-corrected chi connectivity index (χ0v) is 27.2. The number of benzene rings is 7. The van der Waals surface area contributed by atoms with Gasteiger partial charge in [-0.25, -0.2) is 4.98 Å². The summed E-state index contributed by atoms with van der Waals surface area (Å²) >= 11 is 0. The quantitative estimate of drug-likeness (QED) is 0.184. The van der Waals surface area contributed by atoms with Crippen LogP contribution in [0, 0.1) is 0 Å². The van der Waals surface area contributed by atoms with Crippen LogP contribution in [0.25, 0.3) is 88.6 Å². The number of fused-ring (bicyclic) bond motifs is 6. The van der Waals surface area contributed by atoms with Crippen LogP contribution in [0.4, 0.5) is 0 Å². The highest BCUT2D eigenvalue weighted by molar-refractivity contribution is 6.19. The Bertz CT molecular complexity index is 2790. The van der Waals surface area contributed by atoms with E-state index in [0.717, 1.165) is 45.0 Å². The first-order valence-corrected chi connectivity index (χ1v) is 17.1. The first kappa shape index (κ1) is 28.3. The molecule has 0 aliphatic heterocycles. The lowest BCUT2D eigenvalue weighted by molar-refractivity contribution is 1.17. The molecule has 10 aromatic rings. The van der Waals surface area contributed by atoms with E-state index < -0.39 is 0 Å². The summed E-state index contributed by atoms with van der Waals surface area (Å²) in [6, 6.07) is 67.3. The molecule has 0 amide bonds. The maximum Gasteiger partial charge on any atom is 0.0715 e. The van der Waals surface area contributed by atoms with E-state index in [1.54, 1.807) is 0 Å². The lowest BCUT2D eigenvalue weighted by Crippen LogP contribution is -1.98. The molecule has 234 valence electrons. The number of nitrogens with zero attached hydrogens (tertiary/aromatic N) is 3. The third-order valence-electron chi connectivity index (χ3n) is 9.90. The second-order valence-electron chi connectivity index (χ2n) is 12.8. The minimum atomic E-state index is 0.953. The predicted octanol–water partition coefficient (Wildman–Crippen LogP) is 12.3. The highest BCUT2D eigenvalue weighted by Crippen LogP contribution is 2.42. The van der Waals surface area contributed by atoms with Crippen molar-refractivity contribution in [1.82, 2.24) is 14.1 Å². The smallest absolute Gasteiger partial charge is 0.0715 e. The molecule has 3 aromatic heterocycles. The van der Waals surface area contributed by atoms with Gasteiger partial charge in [0, 0.05) is 43.9 Å². The number of hydrogen-bond acceptors (Lipinski definition) is 1. The minimum absolute atomic E-state index is 0.953. The maximum atomic E-state index is 5.17. The van der Waals surface area contributed by atoms with E-state index in [1.165, 1.54) is 43.6 Å². The lowest BCUT2D eigenvalue weighted by atomic mass is 9.98. The van der Waals surface area contributed by atoms with Gasteiger partial charge in [-0.1, -0.05) is 133 Å². The molecule has 0 atom stereocenters. The predicted molar refractivity (Wildman–Crippen MR) is 209 cm³/mol. The van der Waals surface area contributed by atoms with Crippen molar-refractivity contribution in [3.8, 4) is 45.0 Å². The fourth-order valence-corrected chi connectivity index (χ4v) is 7.66. The number of rotatable bonds is 5. The van der Waals surface area contributed by atoms with Gasteiger partial charge in [-0.05, 0) is 60.2 Å². The summed E-state index contributed by atoms with van der Waals surface area (Å²) in [6.07, 6.45) is 0.